The third-order valence-corrected chi connectivity index (χ3v) is 3.36. The molecule has 0 radical (unpaired) electrons. The number of nitrogens with zero attached hydrogens (tertiary/aromatic N) is 2. The Hall–Kier alpha value is -1.44. The predicted octanol–water partition coefficient (Wildman–Crippen LogP) is 4.06. The number of benzene rings is 1. The van der Waals surface area contributed by atoms with E-state index in [1.807, 2.05) is 5.38 Å². The quantitative estimate of drug-likeness (QED) is 0.840. The maximum atomic E-state index is 13.6. The highest BCUT2D eigenvalue weighted by atomic mass is 35.5. The van der Waals surface area contributed by atoms with Gasteiger partial charge in [-0.25, -0.2) is 9.37 Å². The molecule has 2 aromatic rings. The van der Waals surface area contributed by atoms with Crippen molar-refractivity contribution in [3.63, 3.8) is 0 Å². The normalized spacial score (nSPS) is 10.2. The molecule has 0 aliphatic heterocycles. The molecule has 0 aliphatic rings. The topological polar surface area (TPSA) is 36.7 Å². The monoisotopic (exact) mass is 266 g/mol. The highest BCUT2D eigenvalue weighted by Crippen LogP contribution is 2.28. The van der Waals surface area contributed by atoms with Crippen molar-refractivity contribution < 1.29 is 4.39 Å². The minimum absolute atomic E-state index is 0.337. The minimum Gasteiger partial charge on any atom is -0.241 e. The van der Waals surface area contributed by atoms with Gasteiger partial charge in [0.05, 0.1) is 11.8 Å². The molecular formula is C12H8ClFN2S. The van der Waals surface area contributed by atoms with Crippen LogP contribution in [0.3, 0.4) is 0 Å². The van der Waals surface area contributed by atoms with Crippen molar-refractivity contribution in [2.24, 2.45) is 0 Å². The number of thiazole rings is 1. The van der Waals surface area contributed by atoms with Crippen molar-refractivity contribution in [1.82, 2.24) is 4.98 Å². The van der Waals surface area contributed by atoms with E-state index < -0.39 is 0 Å². The van der Waals surface area contributed by atoms with Gasteiger partial charge in [-0.2, -0.15) is 5.26 Å². The Labute approximate surface area is 107 Å². The average molecular weight is 267 g/mol. The van der Waals surface area contributed by atoms with E-state index in [0.717, 1.165) is 5.69 Å². The predicted molar refractivity (Wildman–Crippen MR) is 66.5 cm³/mol. The van der Waals surface area contributed by atoms with E-state index in [0.29, 0.717) is 28.4 Å². The Bertz CT molecular complexity index is 574. The van der Waals surface area contributed by atoms with Crippen LogP contribution in [0.1, 0.15) is 12.1 Å². The van der Waals surface area contributed by atoms with Gasteiger partial charge in [-0.3, -0.25) is 0 Å². The maximum Gasteiger partial charge on any atom is 0.133 e. The van der Waals surface area contributed by atoms with Crippen LogP contribution in [0.15, 0.2) is 23.6 Å². The third kappa shape index (κ3) is 2.82. The first kappa shape index (κ1) is 12.0. The van der Waals surface area contributed by atoms with Crippen LogP contribution in [0.2, 0.25) is 5.02 Å². The molecule has 86 valence electrons. The SMILES string of the molecule is N#CCCc1csc(-c2cc(Cl)ccc2F)n1. The molecule has 1 heterocycles. The van der Waals surface area contributed by atoms with Gasteiger partial charge in [-0.15, -0.1) is 11.3 Å². The molecule has 17 heavy (non-hydrogen) atoms. The Kier molecular flexibility index (Phi) is 3.72. The molecule has 0 amide bonds. The zero-order valence-corrected chi connectivity index (χ0v) is 10.4. The summed E-state index contributed by atoms with van der Waals surface area (Å²) in [6, 6.07) is 6.45. The fourth-order valence-corrected chi connectivity index (χ4v) is 2.43. The molecule has 0 unspecified atom stereocenters. The van der Waals surface area contributed by atoms with Crippen LogP contribution in [0.25, 0.3) is 10.6 Å². The van der Waals surface area contributed by atoms with Gasteiger partial charge in [0.2, 0.25) is 0 Å². The van der Waals surface area contributed by atoms with Crippen LogP contribution in [-0.4, -0.2) is 4.98 Å². The molecule has 0 fully saturated rings. The lowest BCUT2D eigenvalue weighted by atomic mass is 10.2. The van der Waals surface area contributed by atoms with Gasteiger partial charge >= 0.3 is 0 Å². The molecular weight excluding hydrogens is 259 g/mol. The van der Waals surface area contributed by atoms with E-state index >= 15 is 0 Å². The van der Waals surface area contributed by atoms with Crippen molar-refractivity contribution in [2.75, 3.05) is 0 Å². The first-order valence-corrected chi connectivity index (χ1v) is 6.23. The third-order valence-electron chi connectivity index (χ3n) is 2.20. The number of nitriles is 1. The average Bonchev–Trinajstić information content (AvgIpc) is 2.78. The molecule has 2 rings (SSSR count). The van der Waals surface area contributed by atoms with Crippen LogP contribution >= 0.6 is 22.9 Å². The van der Waals surface area contributed by atoms with E-state index in [-0.39, 0.29) is 5.82 Å². The van der Waals surface area contributed by atoms with Gasteiger partial charge in [-0.05, 0) is 18.2 Å². The molecule has 0 N–H and O–H groups in total. The van der Waals surface area contributed by atoms with E-state index in [2.05, 4.69) is 11.1 Å². The summed E-state index contributed by atoms with van der Waals surface area (Å²) in [6.45, 7) is 0. The number of hydrogen-bond acceptors (Lipinski definition) is 3. The Morgan fingerprint density at radius 1 is 1.47 bits per heavy atom. The van der Waals surface area contributed by atoms with E-state index in [9.17, 15) is 4.39 Å². The lowest BCUT2D eigenvalue weighted by Crippen LogP contribution is -1.86. The van der Waals surface area contributed by atoms with Gasteiger partial charge in [0.1, 0.15) is 10.8 Å². The van der Waals surface area contributed by atoms with Gasteiger partial charge in [0.15, 0.2) is 0 Å². The highest BCUT2D eigenvalue weighted by Gasteiger charge is 2.10. The molecule has 0 spiro atoms. The summed E-state index contributed by atoms with van der Waals surface area (Å²) in [5.74, 6) is -0.337. The second-order valence-electron chi connectivity index (χ2n) is 3.43. The molecule has 0 aliphatic carbocycles. The van der Waals surface area contributed by atoms with Gasteiger partial charge in [-0.1, -0.05) is 11.6 Å². The number of hydrogen-bond donors (Lipinski definition) is 0. The van der Waals surface area contributed by atoms with E-state index in [1.54, 1.807) is 6.07 Å². The number of aromatic nitrogens is 1. The molecule has 5 heteroatoms. The first-order valence-electron chi connectivity index (χ1n) is 4.97. The van der Waals surface area contributed by atoms with Crippen molar-refractivity contribution >= 4 is 22.9 Å². The molecule has 0 saturated carbocycles. The smallest absolute Gasteiger partial charge is 0.133 e. The largest absolute Gasteiger partial charge is 0.241 e. The Morgan fingerprint density at radius 3 is 3.06 bits per heavy atom. The number of rotatable bonds is 3. The minimum atomic E-state index is -0.337. The summed E-state index contributed by atoms with van der Waals surface area (Å²) in [5, 5.41) is 11.4. The van der Waals surface area contributed by atoms with Crippen LogP contribution in [-0.2, 0) is 6.42 Å². The lowest BCUT2D eigenvalue weighted by molar-refractivity contribution is 0.631. The summed E-state index contributed by atoms with van der Waals surface area (Å²) >= 11 is 7.18. The van der Waals surface area contributed by atoms with Crippen LogP contribution in [0.5, 0.6) is 0 Å². The second-order valence-corrected chi connectivity index (χ2v) is 4.72. The molecule has 2 nitrogen and oxygen atoms in total. The van der Waals surface area contributed by atoms with Crippen LogP contribution < -0.4 is 0 Å². The maximum absolute atomic E-state index is 13.6. The standard InChI is InChI=1S/C12H8ClFN2S/c13-8-3-4-11(14)10(6-8)12-16-9(7-17-12)2-1-5-15/h3-4,6-7H,1-2H2. The van der Waals surface area contributed by atoms with Gasteiger partial charge in [0.25, 0.3) is 0 Å². The molecule has 0 saturated heterocycles. The van der Waals surface area contributed by atoms with Crippen molar-refractivity contribution in [3.8, 4) is 16.6 Å². The zero-order valence-electron chi connectivity index (χ0n) is 8.78. The van der Waals surface area contributed by atoms with E-state index in [4.69, 9.17) is 16.9 Å². The van der Waals surface area contributed by atoms with Gasteiger partial charge < -0.3 is 0 Å². The molecule has 1 aromatic heterocycles. The van der Waals surface area contributed by atoms with E-state index in [1.165, 1.54) is 23.5 Å². The Balaban J connectivity index is 2.30. The summed E-state index contributed by atoms with van der Waals surface area (Å²) in [5.41, 5.74) is 1.22. The van der Waals surface area contributed by atoms with Crippen LogP contribution in [0.4, 0.5) is 4.39 Å². The molecule has 0 atom stereocenters. The number of halogens is 2. The summed E-state index contributed by atoms with van der Waals surface area (Å²) in [6.07, 6.45) is 1.01. The Morgan fingerprint density at radius 2 is 2.29 bits per heavy atom. The summed E-state index contributed by atoms with van der Waals surface area (Å²) < 4.78 is 13.6. The summed E-state index contributed by atoms with van der Waals surface area (Å²) in [4.78, 5) is 4.29. The van der Waals surface area contributed by atoms with Crippen molar-refractivity contribution in [1.29, 1.82) is 5.26 Å². The lowest BCUT2D eigenvalue weighted by Gasteiger charge is -1.99. The van der Waals surface area contributed by atoms with Crippen molar-refractivity contribution in [2.45, 2.75) is 12.8 Å². The van der Waals surface area contributed by atoms with Crippen LogP contribution in [0, 0.1) is 17.1 Å². The zero-order chi connectivity index (χ0) is 12.3. The van der Waals surface area contributed by atoms with Crippen molar-refractivity contribution in [3.05, 3.63) is 40.1 Å². The molecule has 1 aromatic carbocycles. The second kappa shape index (κ2) is 5.26. The van der Waals surface area contributed by atoms with Gasteiger partial charge in [0, 0.05) is 28.8 Å². The first-order chi connectivity index (χ1) is 8.20. The highest BCUT2D eigenvalue weighted by molar-refractivity contribution is 7.13. The molecule has 0 bridgehead atoms. The fourth-order valence-electron chi connectivity index (χ4n) is 1.39. The summed E-state index contributed by atoms with van der Waals surface area (Å²) in [7, 11) is 0. The fraction of sp³-hybridized carbons (Fsp3) is 0.167. The number of aryl methyl sites for hydroxylation is 1.